The zero-order chi connectivity index (χ0) is 11.5. The lowest BCUT2D eigenvalue weighted by Gasteiger charge is -2.20. The Bertz CT molecular complexity index is 244. The summed E-state index contributed by atoms with van der Waals surface area (Å²) < 4.78 is 0. The summed E-state index contributed by atoms with van der Waals surface area (Å²) in [6, 6.07) is 0. The van der Waals surface area contributed by atoms with Crippen molar-refractivity contribution in [2.24, 2.45) is 17.8 Å². The molecular weight excluding hydrogens is 222 g/mol. The molecule has 0 bridgehead atoms. The van der Waals surface area contributed by atoms with E-state index in [2.05, 4.69) is 6.92 Å². The van der Waals surface area contributed by atoms with Crippen molar-refractivity contribution in [1.82, 2.24) is 4.90 Å². The fourth-order valence-corrected chi connectivity index (χ4v) is 3.36. The SMILES string of the molecule is CCN(CCCCl)C(=O)C1C2CCCCC21. The highest BCUT2D eigenvalue weighted by Crippen LogP contribution is 2.56. The second kappa shape index (κ2) is 5.39. The van der Waals surface area contributed by atoms with Crippen LogP contribution in [0.1, 0.15) is 39.0 Å². The first-order valence-corrected chi connectivity index (χ1v) is 7.17. The Kier molecular flexibility index (Phi) is 4.12. The van der Waals surface area contributed by atoms with Crippen molar-refractivity contribution in [3.8, 4) is 0 Å². The number of fused-ring (bicyclic) bond motifs is 1. The molecule has 2 aliphatic carbocycles. The minimum atomic E-state index is 0.373. The Labute approximate surface area is 103 Å². The second-order valence-electron chi connectivity index (χ2n) is 5.10. The Morgan fingerprint density at radius 2 is 1.94 bits per heavy atom. The van der Waals surface area contributed by atoms with Crippen LogP contribution in [0.5, 0.6) is 0 Å². The van der Waals surface area contributed by atoms with Crippen molar-refractivity contribution in [3.05, 3.63) is 0 Å². The fraction of sp³-hybridized carbons (Fsp3) is 0.923. The van der Waals surface area contributed by atoms with Gasteiger partial charge in [0.05, 0.1) is 0 Å². The maximum atomic E-state index is 12.3. The molecule has 2 fully saturated rings. The molecule has 2 nitrogen and oxygen atoms in total. The van der Waals surface area contributed by atoms with E-state index in [1.54, 1.807) is 0 Å². The Balaban J connectivity index is 1.86. The van der Waals surface area contributed by atoms with Crippen molar-refractivity contribution >= 4 is 17.5 Å². The molecule has 1 amide bonds. The smallest absolute Gasteiger partial charge is 0.226 e. The minimum absolute atomic E-state index is 0.373. The molecule has 3 heteroatoms. The number of amides is 1. The molecule has 0 radical (unpaired) electrons. The molecule has 2 atom stereocenters. The average molecular weight is 244 g/mol. The van der Waals surface area contributed by atoms with Crippen LogP contribution in [0.15, 0.2) is 0 Å². The summed E-state index contributed by atoms with van der Waals surface area (Å²) in [5.41, 5.74) is 0. The molecule has 0 saturated heterocycles. The quantitative estimate of drug-likeness (QED) is 0.680. The summed E-state index contributed by atoms with van der Waals surface area (Å²) in [4.78, 5) is 14.3. The highest BCUT2D eigenvalue weighted by molar-refractivity contribution is 6.17. The van der Waals surface area contributed by atoms with E-state index in [1.165, 1.54) is 25.7 Å². The van der Waals surface area contributed by atoms with Gasteiger partial charge in [-0.05, 0) is 38.0 Å². The van der Waals surface area contributed by atoms with Crippen LogP contribution in [-0.4, -0.2) is 29.8 Å². The van der Waals surface area contributed by atoms with E-state index < -0.39 is 0 Å². The van der Waals surface area contributed by atoms with Crippen LogP contribution >= 0.6 is 11.6 Å². The van der Waals surface area contributed by atoms with Crippen LogP contribution in [0.3, 0.4) is 0 Å². The van der Waals surface area contributed by atoms with Crippen LogP contribution in [0.2, 0.25) is 0 Å². The summed E-state index contributed by atoms with van der Waals surface area (Å²) in [6.07, 6.45) is 6.16. The molecule has 0 aromatic carbocycles. The third-order valence-electron chi connectivity index (χ3n) is 4.20. The number of alkyl halides is 1. The zero-order valence-electron chi connectivity index (χ0n) is 10.1. The van der Waals surface area contributed by atoms with Crippen LogP contribution in [0.4, 0.5) is 0 Å². The van der Waals surface area contributed by atoms with Gasteiger partial charge in [0.2, 0.25) is 5.91 Å². The molecular formula is C13H22ClNO. The molecule has 0 heterocycles. The van der Waals surface area contributed by atoms with Gasteiger partial charge in [-0.3, -0.25) is 4.79 Å². The lowest BCUT2D eigenvalue weighted by molar-refractivity contribution is -0.133. The van der Waals surface area contributed by atoms with Gasteiger partial charge >= 0.3 is 0 Å². The van der Waals surface area contributed by atoms with Crippen molar-refractivity contribution in [2.45, 2.75) is 39.0 Å². The summed E-state index contributed by atoms with van der Waals surface area (Å²) in [6.45, 7) is 3.75. The molecule has 16 heavy (non-hydrogen) atoms. The molecule has 2 saturated carbocycles. The molecule has 0 aliphatic heterocycles. The van der Waals surface area contributed by atoms with E-state index in [4.69, 9.17) is 11.6 Å². The second-order valence-corrected chi connectivity index (χ2v) is 5.48. The molecule has 2 rings (SSSR count). The first-order valence-electron chi connectivity index (χ1n) is 6.64. The van der Waals surface area contributed by atoms with E-state index in [9.17, 15) is 4.79 Å². The van der Waals surface area contributed by atoms with Crippen LogP contribution < -0.4 is 0 Å². The number of carbonyl (C=O) groups excluding carboxylic acids is 1. The largest absolute Gasteiger partial charge is 0.343 e. The summed E-state index contributed by atoms with van der Waals surface area (Å²) >= 11 is 5.69. The van der Waals surface area contributed by atoms with E-state index in [0.29, 0.717) is 17.7 Å². The van der Waals surface area contributed by atoms with Crippen molar-refractivity contribution in [2.75, 3.05) is 19.0 Å². The average Bonchev–Trinajstić information content (AvgIpc) is 3.03. The summed E-state index contributed by atoms with van der Waals surface area (Å²) in [7, 11) is 0. The van der Waals surface area contributed by atoms with Crippen LogP contribution in [0.25, 0.3) is 0 Å². The molecule has 0 N–H and O–H groups in total. The maximum absolute atomic E-state index is 12.3. The van der Waals surface area contributed by atoms with Gasteiger partial charge in [-0.25, -0.2) is 0 Å². The lowest BCUT2D eigenvalue weighted by atomic mass is 10.0. The van der Waals surface area contributed by atoms with Crippen LogP contribution in [0, 0.1) is 17.8 Å². The Morgan fingerprint density at radius 3 is 2.44 bits per heavy atom. The number of halogens is 1. The van der Waals surface area contributed by atoms with Gasteiger partial charge in [-0.1, -0.05) is 12.8 Å². The third-order valence-corrected chi connectivity index (χ3v) is 4.46. The number of carbonyl (C=O) groups is 1. The maximum Gasteiger partial charge on any atom is 0.226 e. The molecule has 2 unspecified atom stereocenters. The van der Waals surface area contributed by atoms with E-state index in [0.717, 1.165) is 31.3 Å². The van der Waals surface area contributed by atoms with Crippen molar-refractivity contribution in [1.29, 1.82) is 0 Å². The minimum Gasteiger partial charge on any atom is -0.343 e. The zero-order valence-corrected chi connectivity index (χ0v) is 10.9. The number of hydrogen-bond donors (Lipinski definition) is 0. The lowest BCUT2D eigenvalue weighted by Crippen LogP contribution is -2.34. The number of nitrogens with zero attached hydrogens (tertiary/aromatic N) is 1. The highest BCUT2D eigenvalue weighted by Gasteiger charge is 2.55. The third kappa shape index (κ3) is 2.37. The summed E-state index contributed by atoms with van der Waals surface area (Å²) in [5, 5.41) is 0. The first kappa shape index (κ1) is 12.2. The Hall–Kier alpha value is -0.240. The molecule has 0 aromatic rings. The normalized spacial score (nSPS) is 32.0. The van der Waals surface area contributed by atoms with E-state index >= 15 is 0 Å². The molecule has 2 aliphatic rings. The van der Waals surface area contributed by atoms with Gasteiger partial charge in [0, 0.05) is 24.9 Å². The first-order chi connectivity index (χ1) is 7.79. The number of rotatable bonds is 5. The van der Waals surface area contributed by atoms with E-state index in [1.807, 2.05) is 4.90 Å². The number of hydrogen-bond acceptors (Lipinski definition) is 1. The van der Waals surface area contributed by atoms with E-state index in [-0.39, 0.29) is 0 Å². The molecule has 0 aromatic heterocycles. The Morgan fingerprint density at radius 1 is 1.31 bits per heavy atom. The predicted molar refractivity (Wildman–Crippen MR) is 66.5 cm³/mol. The topological polar surface area (TPSA) is 20.3 Å². The fourth-order valence-electron chi connectivity index (χ4n) is 3.24. The van der Waals surface area contributed by atoms with Gasteiger partial charge in [-0.15, -0.1) is 11.6 Å². The van der Waals surface area contributed by atoms with Crippen molar-refractivity contribution < 1.29 is 4.79 Å². The predicted octanol–water partition coefficient (Wildman–Crippen LogP) is 2.90. The van der Waals surface area contributed by atoms with Crippen LogP contribution in [-0.2, 0) is 4.79 Å². The summed E-state index contributed by atoms with van der Waals surface area (Å²) in [5.74, 6) is 2.89. The van der Waals surface area contributed by atoms with Gasteiger partial charge in [0.1, 0.15) is 0 Å². The van der Waals surface area contributed by atoms with Gasteiger partial charge in [0.15, 0.2) is 0 Å². The molecule has 92 valence electrons. The van der Waals surface area contributed by atoms with Crippen molar-refractivity contribution in [3.63, 3.8) is 0 Å². The van der Waals surface area contributed by atoms with Gasteiger partial charge in [-0.2, -0.15) is 0 Å². The monoisotopic (exact) mass is 243 g/mol. The highest BCUT2D eigenvalue weighted by atomic mass is 35.5. The standard InChI is InChI=1S/C13H22ClNO/c1-2-15(9-5-8-14)13(16)12-10-6-3-4-7-11(10)12/h10-12H,2-9H2,1H3. The molecule has 0 spiro atoms. The van der Waals surface area contributed by atoms with Gasteiger partial charge in [0.25, 0.3) is 0 Å². The van der Waals surface area contributed by atoms with Gasteiger partial charge < -0.3 is 4.90 Å².